The number of hydrogen-bond acceptors (Lipinski definition) is 5. The second-order valence-electron chi connectivity index (χ2n) is 8.55. The van der Waals surface area contributed by atoms with Gasteiger partial charge in [-0.3, -0.25) is 9.36 Å². The molecule has 0 radical (unpaired) electrons. The molecule has 0 amide bonds. The second kappa shape index (κ2) is 9.10. The zero-order valence-corrected chi connectivity index (χ0v) is 18.9. The third-order valence-corrected chi connectivity index (χ3v) is 5.98. The summed E-state index contributed by atoms with van der Waals surface area (Å²) in [4.78, 5) is 20.4. The Morgan fingerprint density at radius 1 is 1.16 bits per heavy atom. The normalized spacial score (nSPS) is 16.7. The number of aromatic nitrogens is 2. The zero-order valence-electron chi connectivity index (χ0n) is 18.9. The first-order valence-corrected chi connectivity index (χ1v) is 11.0. The molecule has 1 fully saturated rings. The standard InChI is InChI=1S/C25H31N3O3/c1-17-6-8-22-21(14-17)25(29)28(19(3)26-22)23-9-7-20(15-24(23)30-4)31-13-5-11-27-12-10-18(2)16-27/h6-9,14-15,18H,5,10-13,16H2,1-4H3. The van der Waals surface area contributed by atoms with E-state index in [1.807, 2.05) is 50.2 Å². The lowest BCUT2D eigenvalue weighted by molar-refractivity contribution is 0.259. The molecule has 0 saturated carbocycles. The van der Waals surface area contributed by atoms with E-state index in [1.165, 1.54) is 19.5 Å². The summed E-state index contributed by atoms with van der Waals surface area (Å²) in [5, 5.41) is 0.601. The molecular weight excluding hydrogens is 390 g/mol. The van der Waals surface area contributed by atoms with Crippen molar-refractivity contribution in [3.05, 3.63) is 58.1 Å². The van der Waals surface area contributed by atoms with E-state index >= 15 is 0 Å². The molecular formula is C25H31N3O3. The first kappa shape index (κ1) is 21.4. The molecule has 2 aromatic carbocycles. The maximum Gasteiger partial charge on any atom is 0.266 e. The fourth-order valence-corrected chi connectivity index (χ4v) is 4.33. The Bertz CT molecular complexity index is 1140. The van der Waals surface area contributed by atoms with E-state index in [0.717, 1.165) is 30.2 Å². The molecule has 0 aliphatic carbocycles. The molecule has 1 atom stereocenters. The molecule has 0 N–H and O–H groups in total. The average molecular weight is 422 g/mol. The van der Waals surface area contributed by atoms with Crippen LogP contribution < -0.4 is 15.0 Å². The number of aryl methyl sites for hydroxylation is 2. The monoisotopic (exact) mass is 421 g/mol. The van der Waals surface area contributed by atoms with Crippen LogP contribution in [0.3, 0.4) is 0 Å². The Hall–Kier alpha value is -2.86. The minimum Gasteiger partial charge on any atom is -0.494 e. The molecule has 0 spiro atoms. The van der Waals surface area contributed by atoms with Crippen LogP contribution in [-0.2, 0) is 0 Å². The minimum atomic E-state index is -0.0991. The van der Waals surface area contributed by atoms with Crippen LogP contribution in [0, 0.1) is 19.8 Å². The molecule has 1 aliphatic rings. The fourth-order valence-electron chi connectivity index (χ4n) is 4.33. The summed E-state index contributed by atoms with van der Waals surface area (Å²) < 4.78 is 13.2. The van der Waals surface area contributed by atoms with Crippen molar-refractivity contribution in [2.75, 3.05) is 33.4 Å². The molecule has 1 saturated heterocycles. The highest BCUT2D eigenvalue weighted by Crippen LogP contribution is 2.28. The highest BCUT2D eigenvalue weighted by atomic mass is 16.5. The van der Waals surface area contributed by atoms with Gasteiger partial charge < -0.3 is 14.4 Å². The molecule has 1 aliphatic heterocycles. The number of nitrogens with zero attached hydrogens (tertiary/aromatic N) is 3. The first-order valence-electron chi connectivity index (χ1n) is 11.0. The number of fused-ring (bicyclic) bond motifs is 1. The van der Waals surface area contributed by atoms with Crippen molar-refractivity contribution in [3.8, 4) is 17.2 Å². The number of rotatable bonds is 7. The lowest BCUT2D eigenvalue weighted by atomic mass is 10.1. The molecule has 6 nitrogen and oxygen atoms in total. The molecule has 6 heteroatoms. The van der Waals surface area contributed by atoms with Crippen molar-refractivity contribution in [1.29, 1.82) is 0 Å². The van der Waals surface area contributed by atoms with Gasteiger partial charge in [0.25, 0.3) is 5.56 Å². The van der Waals surface area contributed by atoms with Crippen LogP contribution >= 0.6 is 0 Å². The zero-order chi connectivity index (χ0) is 22.0. The van der Waals surface area contributed by atoms with Gasteiger partial charge in [0.15, 0.2) is 0 Å². The second-order valence-corrected chi connectivity index (χ2v) is 8.55. The Kier molecular flexibility index (Phi) is 6.28. The number of hydrogen-bond donors (Lipinski definition) is 0. The maximum atomic E-state index is 13.2. The van der Waals surface area contributed by atoms with Gasteiger partial charge in [-0.15, -0.1) is 0 Å². The highest BCUT2D eigenvalue weighted by Gasteiger charge is 2.18. The van der Waals surface area contributed by atoms with E-state index in [0.29, 0.717) is 34.8 Å². The smallest absolute Gasteiger partial charge is 0.266 e. The molecule has 3 aromatic rings. The fraction of sp³-hybridized carbons (Fsp3) is 0.440. The topological polar surface area (TPSA) is 56.6 Å². The van der Waals surface area contributed by atoms with Crippen LogP contribution in [-0.4, -0.2) is 47.8 Å². The largest absolute Gasteiger partial charge is 0.494 e. The number of methoxy groups -OCH3 is 1. The summed E-state index contributed by atoms with van der Waals surface area (Å²) in [5.41, 5.74) is 2.30. The summed E-state index contributed by atoms with van der Waals surface area (Å²) in [6.07, 6.45) is 2.28. The SMILES string of the molecule is COc1cc(OCCCN2CCC(C)C2)ccc1-n1c(C)nc2ccc(C)cc2c1=O. The van der Waals surface area contributed by atoms with E-state index in [4.69, 9.17) is 9.47 Å². The third-order valence-electron chi connectivity index (χ3n) is 5.98. The number of benzene rings is 2. The number of likely N-dealkylation sites (tertiary alicyclic amines) is 1. The van der Waals surface area contributed by atoms with Gasteiger partial charge in [-0.1, -0.05) is 18.6 Å². The molecule has 1 aromatic heterocycles. The Morgan fingerprint density at radius 3 is 2.74 bits per heavy atom. The lowest BCUT2D eigenvalue weighted by Crippen LogP contribution is -2.23. The Morgan fingerprint density at radius 2 is 2.00 bits per heavy atom. The molecule has 0 bridgehead atoms. The summed E-state index contributed by atoms with van der Waals surface area (Å²) in [7, 11) is 1.61. The van der Waals surface area contributed by atoms with Gasteiger partial charge in [0.05, 0.1) is 30.3 Å². The predicted molar refractivity (Wildman–Crippen MR) is 124 cm³/mol. The highest BCUT2D eigenvalue weighted by molar-refractivity contribution is 5.79. The van der Waals surface area contributed by atoms with Crippen molar-refractivity contribution in [1.82, 2.24) is 14.5 Å². The molecule has 2 heterocycles. The van der Waals surface area contributed by atoms with Gasteiger partial charge in [-0.05, 0) is 63.4 Å². The van der Waals surface area contributed by atoms with Crippen molar-refractivity contribution >= 4 is 10.9 Å². The van der Waals surface area contributed by atoms with Crippen molar-refractivity contribution in [3.63, 3.8) is 0 Å². The van der Waals surface area contributed by atoms with E-state index in [1.54, 1.807) is 11.7 Å². The Labute approximate surface area is 183 Å². The molecule has 31 heavy (non-hydrogen) atoms. The number of ether oxygens (including phenoxy) is 2. The Balaban J connectivity index is 1.54. The van der Waals surface area contributed by atoms with E-state index in [9.17, 15) is 4.79 Å². The predicted octanol–water partition coefficient (Wildman–Crippen LogP) is 4.12. The minimum absolute atomic E-state index is 0.0991. The summed E-state index contributed by atoms with van der Waals surface area (Å²) >= 11 is 0. The van der Waals surface area contributed by atoms with E-state index < -0.39 is 0 Å². The molecule has 4 rings (SSSR count). The van der Waals surface area contributed by atoms with Crippen LogP contribution in [0.25, 0.3) is 16.6 Å². The average Bonchev–Trinajstić information content (AvgIpc) is 3.17. The first-order chi connectivity index (χ1) is 15.0. The van der Waals surface area contributed by atoms with E-state index in [-0.39, 0.29) is 5.56 Å². The van der Waals surface area contributed by atoms with Crippen LogP contribution in [0.15, 0.2) is 41.2 Å². The van der Waals surface area contributed by atoms with Gasteiger partial charge in [-0.25, -0.2) is 4.98 Å². The van der Waals surface area contributed by atoms with Crippen LogP contribution in [0.4, 0.5) is 0 Å². The van der Waals surface area contributed by atoms with Gasteiger partial charge in [0.2, 0.25) is 0 Å². The van der Waals surface area contributed by atoms with Gasteiger partial charge in [0, 0.05) is 19.2 Å². The maximum absolute atomic E-state index is 13.2. The van der Waals surface area contributed by atoms with Crippen LogP contribution in [0.1, 0.15) is 31.2 Å². The summed E-state index contributed by atoms with van der Waals surface area (Å²) in [6, 6.07) is 11.3. The quantitative estimate of drug-likeness (QED) is 0.537. The third kappa shape index (κ3) is 4.59. The van der Waals surface area contributed by atoms with Gasteiger partial charge >= 0.3 is 0 Å². The van der Waals surface area contributed by atoms with Crippen LogP contribution in [0.5, 0.6) is 11.5 Å². The molecule has 164 valence electrons. The van der Waals surface area contributed by atoms with E-state index in [2.05, 4.69) is 16.8 Å². The van der Waals surface area contributed by atoms with Gasteiger partial charge in [-0.2, -0.15) is 0 Å². The van der Waals surface area contributed by atoms with Crippen molar-refractivity contribution in [2.24, 2.45) is 5.92 Å². The summed E-state index contributed by atoms with van der Waals surface area (Å²) in [5.74, 6) is 2.75. The molecule has 1 unspecified atom stereocenters. The van der Waals surface area contributed by atoms with Crippen LogP contribution in [0.2, 0.25) is 0 Å². The van der Waals surface area contributed by atoms with Gasteiger partial charge in [0.1, 0.15) is 17.3 Å². The van der Waals surface area contributed by atoms with Crippen molar-refractivity contribution < 1.29 is 9.47 Å². The van der Waals surface area contributed by atoms with Crippen molar-refractivity contribution in [2.45, 2.75) is 33.6 Å². The summed E-state index contributed by atoms with van der Waals surface area (Å²) in [6.45, 7) is 10.2. The lowest BCUT2D eigenvalue weighted by Gasteiger charge is -2.17.